The second-order valence-corrected chi connectivity index (χ2v) is 12.9. The molecule has 1 saturated carbocycles. The summed E-state index contributed by atoms with van der Waals surface area (Å²) in [6, 6.07) is 16.6. The van der Waals surface area contributed by atoms with Crippen LogP contribution in [0.5, 0.6) is 0 Å². The van der Waals surface area contributed by atoms with Gasteiger partial charge in [-0.25, -0.2) is 9.78 Å². The molecule has 10 nitrogen and oxygen atoms in total. The Balaban J connectivity index is 1.24. The Morgan fingerprint density at radius 3 is 2.44 bits per heavy atom. The molecule has 10 heteroatoms. The summed E-state index contributed by atoms with van der Waals surface area (Å²) in [6.45, 7) is 5.42. The molecule has 2 aromatic carbocycles. The van der Waals surface area contributed by atoms with Crippen LogP contribution in [-0.2, 0) is 28.9 Å². The highest BCUT2D eigenvalue weighted by Crippen LogP contribution is 2.50. The van der Waals surface area contributed by atoms with Crippen LogP contribution in [0.25, 0.3) is 22.5 Å². The first-order valence-corrected chi connectivity index (χ1v) is 16.7. The van der Waals surface area contributed by atoms with E-state index in [1.807, 2.05) is 27.8 Å². The third-order valence-electron chi connectivity index (χ3n) is 10.3. The van der Waals surface area contributed by atoms with Crippen molar-refractivity contribution in [1.29, 1.82) is 0 Å². The Bertz CT molecular complexity index is 1680. The van der Waals surface area contributed by atoms with Crippen molar-refractivity contribution in [1.82, 2.24) is 34.9 Å². The smallest absolute Gasteiger partial charge is 0.270 e. The second kappa shape index (κ2) is 12.7. The number of rotatable bonds is 8. The molecule has 1 N–H and O–H groups in total. The summed E-state index contributed by atoms with van der Waals surface area (Å²) in [4.78, 5) is 30.7. The lowest BCUT2D eigenvalue weighted by Crippen LogP contribution is -2.54. The highest BCUT2D eigenvalue weighted by molar-refractivity contribution is 5.84. The Morgan fingerprint density at radius 1 is 0.978 bits per heavy atom. The van der Waals surface area contributed by atoms with E-state index >= 15 is 0 Å². The number of nitrogens with one attached hydrogen (secondary N) is 1. The van der Waals surface area contributed by atoms with Crippen molar-refractivity contribution in [3.8, 4) is 22.5 Å². The van der Waals surface area contributed by atoms with E-state index in [0.29, 0.717) is 45.1 Å². The maximum Gasteiger partial charge on any atom is 0.270 e. The number of carbonyl (C=O) groups is 1. The van der Waals surface area contributed by atoms with Crippen molar-refractivity contribution < 1.29 is 9.53 Å². The fourth-order valence-electron chi connectivity index (χ4n) is 8.15. The van der Waals surface area contributed by atoms with E-state index < -0.39 is 5.41 Å². The molecular weight excluding hydrogens is 566 g/mol. The van der Waals surface area contributed by atoms with E-state index in [4.69, 9.17) is 4.74 Å². The average molecular weight is 610 g/mol. The minimum absolute atomic E-state index is 0.00866. The van der Waals surface area contributed by atoms with Crippen LogP contribution in [-0.4, -0.2) is 67.1 Å². The lowest BCUT2D eigenvalue weighted by atomic mass is 9.66. The predicted molar refractivity (Wildman–Crippen MR) is 172 cm³/mol. The molecule has 4 heterocycles. The van der Waals surface area contributed by atoms with E-state index in [9.17, 15) is 9.59 Å². The maximum atomic E-state index is 14.4. The van der Waals surface area contributed by atoms with Gasteiger partial charge in [0.1, 0.15) is 0 Å². The molecule has 1 amide bonds. The minimum Gasteiger partial charge on any atom is -0.378 e. The van der Waals surface area contributed by atoms with Crippen molar-refractivity contribution in [2.75, 3.05) is 26.3 Å². The highest BCUT2D eigenvalue weighted by Gasteiger charge is 2.51. The van der Waals surface area contributed by atoms with E-state index in [2.05, 4.69) is 62.6 Å². The number of nitrogens with zero attached hydrogens (tertiary/aromatic N) is 6. The summed E-state index contributed by atoms with van der Waals surface area (Å²) in [7, 11) is 0. The molecule has 1 unspecified atom stereocenters. The zero-order valence-corrected chi connectivity index (χ0v) is 26.2. The molecule has 0 bridgehead atoms. The number of fused-ring (bicyclic) bond motifs is 1. The van der Waals surface area contributed by atoms with Gasteiger partial charge in [0.25, 0.3) is 5.56 Å². The Kier molecular flexibility index (Phi) is 8.40. The third-order valence-corrected chi connectivity index (χ3v) is 10.3. The average Bonchev–Trinajstić information content (AvgIpc) is 3.73. The molecule has 236 valence electrons. The van der Waals surface area contributed by atoms with E-state index in [1.54, 1.807) is 0 Å². The van der Waals surface area contributed by atoms with Gasteiger partial charge in [0.15, 0.2) is 5.82 Å². The number of tetrazole rings is 1. The fourth-order valence-corrected chi connectivity index (χ4v) is 8.15. The SMILES string of the molecule is CCCc1c(Cc2ccc(-c3ccccc3-c3nnn[nH]3)cc2)c(=O)n2n1C(C1(C(=O)N3CCOCC3)CCCCC1)CCC2. The van der Waals surface area contributed by atoms with Crippen LogP contribution < -0.4 is 5.56 Å². The summed E-state index contributed by atoms with van der Waals surface area (Å²) >= 11 is 0. The van der Waals surface area contributed by atoms with Gasteiger partial charge in [0.2, 0.25) is 5.91 Å². The first kappa shape index (κ1) is 29.6. The minimum atomic E-state index is -0.461. The summed E-state index contributed by atoms with van der Waals surface area (Å²) < 4.78 is 9.92. The Hall–Kier alpha value is -4.05. The van der Waals surface area contributed by atoms with Gasteiger partial charge in [-0.15, -0.1) is 5.10 Å². The molecule has 2 fully saturated rings. The van der Waals surface area contributed by atoms with Crippen molar-refractivity contribution in [3.05, 3.63) is 75.7 Å². The molecule has 1 saturated heterocycles. The third kappa shape index (κ3) is 5.43. The van der Waals surface area contributed by atoms with Gasteiger partial charge in [-0.2, -0.15) is 0 Å². The first-order chi connectivity index (χ1) is 22.1. The number of benzene rings is 2. The molecule has 1 aliphatic carbocycles. The van der Waals surface area contributed by atoms with Gasteiger partial charge < -0.3 is 9.64 Å². The standard InChI is InChI=1S/C35H43N7O3/c1-2-9-30-29(24-25-13-15-26(16-14-25)27-10-4-5-11-28(27)32-36-38-39-37-32)33(43)41-19-8-12-31(42(30)41)35(17-6-3-7-18-35)34(44)40-20-22-45-23-21-40/h4-5,10-11,13-16,31H,2-3,6-9,12,17-24H2,1H3,(H,36,37,38,39). The van der Waals surface area contributed by atoms with E-state index in [1.165, 1.54) is 6.42 Å². The molecule has 2 aliphatic heterocycles. The van der Waals surface area contributed by atoms with Crippen molar-refractivity contribution >= 4 is 5.91 Å². The van der Waals surface area contributed by atoms with E-state index in [-0.39, 0.29) is 17.5 Å². The molecule has 1 atom stereocenters. The van der Waals surface area contributed by atoms with Crippen LogP contribution in [0.2, 0.25) is 0 Å². The number of amides is 1. The largest absolute Gasteiger partial charge is 0.378 e. The predicted octanol–water partition coefficient (Wildman–Crippen LogP) is 5.18. The quantitative estimate of drug-likeness (QED) is 0.295. The number of aromatic amines is 1. The molecule has 2 aromatic heterocycles. The molecule has 45 heavy (non-hydrogen) atoms. The molecular formula is C35H43N7O3. The van der Waals surface area contributed by atoms with Gasteiger partial charge in [-0.1, -0.05) is 81.1 Å². The Morgan fingerprint density at radius 2 is 1.73 bits per heavy atom. The Labute approximate surface area is 263 Å². The van der Waals surface area contributed by atoms with Crippen LogP contribution in [0.4, 0.5) is 0 Å². The molecule has 0 radical (unpaired) electrons. The lowest BCUT2D eigenvalue weighted by Gasteiger charge is -2.48. The zero-order chi connectivity index (χ0) is 30.8. The van der Waals surface area contributed by atoms with Gasteiger partial charge in [0, 0.05) is 42.9 Å². The summed E-state index contributed by atoms with van der Waals surface area (Å²) in [5.41, 5.74) is 5.80. The number of ether oxygens (including phenoxy) is 1. The number of hydrogen-bond donors (Lipinski definition) is 1. The number of carbonyl (C=O) groups excluding carboxylic acids is 1. The number of aromatic nitrogens is 6. The van der Waals surface area contributed by atoms with Gasteiger partial charge in [-0.3, -0.25) is 14.3 Å². The van der Waals surface area contributed by atoms with Crippen LogP contribution in [0.1, 0.15) is 81.2 Å². The monoisotopic (exact) mass is 609 g/mol. The van der Waals surface area contributed by atoms with Gasteiger partial charge in [0.05, 0.1) is 24.7 Å². The molecule has 0 spiro atoms. The van der Waals surface area contributed by atoms with Crippen molar-refractivity contribution in [2.24, 2.45) is 5.41 Å². The number of morpholine rings is 1. The second-order valence-electron chi connectivity index (χ2n) is 12.9. The summed E-state index contributed by atoms with van der Waals surface area (Å²) in [5, 5.41) is 14.5. The van der Waals surface area contributed by atoms with Crippen LogP contribution in [0.3, 0.4) is 0 Å². The van der Waals surface area contributed by atoms with Crippen LogP contribution in [0, 0.1) is 5.41 Å². The number of H-pyrrole nitrogens is 1. The molecule has 4 aromatic rings. The van der Waals surface area contributed by atoms with E-state index in [0.717, 1.165) is 84.9 Å². The molecule has 3 aliphatic rings. The zero-order valence-electron chi connectivity index (χ0n) is 26.2. The maximum absolute atomic E-state index is 14.4. The highest BCUT2D eigenvalue weighted by atomic mass is 16.5. The number of hydrogen-bond acceptors (Lipinski definition) is 6. The van der Waals surface area contributed by atoms with Crippen LogP contribution in [0.15, 0.2) is 53.3 Å². The topological polar surface area (TPSA) is 111 Å². The first-order valence-electron chi connectivity index (χ1n) is 16.7. The van der Waals surface area contributed by atoms with Crippen molar-refractivity contribution in [2.45, 2.75) is 83.7 Å². The summed E-state index contributed by atoms with van der Waals surface area (Å²) in [5.74, 6) is 0.912. The summed E-state index contributed by atoms with van der Waals surface area (Å²) in [6.07, 6.45) is 9.31. The normalized spacial score (nSPS) is 19.8. The lowest BCUT2D eigenvalue weighted by molar-refractivity contribution is -0.153. The molecule has 7 rings (SSSR count). The van der Waals surface area contributed by atoms with Crippen LogP contribution >= 0.6 is 0 Å². The van der Waals surface area contributed by atoms with Gasteiger partial charge >= 0.3 is 0 Å². The van der Waals surface area contributed by atoms with Crippen molar-refractivity contribution in [3.63, 3.8) is 0 Å². The fraction of sp³-hybridized carbons (Fsp3) is 0.514. The van der Waals surface area contributed by atoms with Gasteiger partial charge in [-0.05, 0) is 59.2 Å².